The minimum Gasteiger partial charge on any atom is -0.476 e. The third-order valence-corrected chi connectivity index (χ3v) is 3.86. The molecule has 8 heteroatoms. The van der Waals surface area contributed by atoms with Gasteiger partial charge in [0.1, 0.15) is 0 Å². The summed E-state index contributed by atoms with van der Waals surface area (Å²) in [6.07, 6.45) is -4.54. The van der Waals surface area contributed by atoms with Gasteiger partial charge in [-0.3, -0.25) is 0 Å². The van der Waals surface area contributed by atoms with Crippen molar-refractivity contribution in [1.82, 2.24) is 9.97 Å². The predicted molar refractivity (Wildman–Crippen MR) is 84.6 cm³/mol. The molecule has 0 radical (unpaired) electrons. The van der Waals surface area contributed by atoms with Gasteiger partial charge in [-0.05, 0) is 30.3 Å². The van der Waals surface area contributed by atoms with E-state index in [9.17, 15) is 23.1 Å². The number of aromatic nitrogens is 2. The van der Waals surface area contributed by atoms with Crippen LogP contribution in [0.15, 0.2) is 46.9 Å². The second-order valence-electron chi connectivity index (χ2n) is 4.94. The molecule has 3 rings (SSSR count). The number of aromatic carboxylic acids is 1. The average Bonchev–Trinajstić information content (AvgIpc) is 2.53. The zero-order chi connectivity index (χ0) is 17.5. The smallest absolute Gasteiger partial charge is 0.416 e. The summed E-state index contributed by atoms with van der Waals surface area (Å²) in [6, 6.07) is 9.41. The molecule has 2 aromatic carbocycles. The number of carbonyl (C=O) groups is 1. The molecule has 0 amide bonds. The SMILES string of the molecule is O=C(O)c1nc(-c2ccc(Br)cc2)nc2cc(C(F)(F)F)ccc12. The lowest BCUT2D eigenvalue weighted by Gasteiger charge is -2.10. The first kappa shape index (κ1) is 16.4. The summed E-state index contributed by atoms with van der Waals surface area (Å²) in [5.74, 6) is -1.28. The molecule has 0 aliphatic rings. The van der Waals surface area contributed by atoms with Gasteiger partial charge in [-0.1, -0.05) is 28.1 Å². The van der Waals surface area contributed by atoms with Gasteiger partial charge in [0.05, 0.1) is 11.1 Å². The van der Waals surface area contributed by atoms with Gasteiger partial charge in [0.2, 0.25) is 0 Å². The van der Waals surface area contributed by atoms with Crippen molar-refractivity contribution < 1.29 is 23.1 Å². The molecule has 1 aromatic heterocycles. The van der Waals surface area contributed by atoms with Gasteiger partial charge < -0.3 is 5.11 Å². The van der Waals surface area contributed by atoms with Crippen LogP contribution >= 0.6 is 15.9 Å². The number of fused-ring (bicyclic) bond motifs is 1. The summed E-state index contributed by atoms with van der Waals surface area (Å²) in [6.45, 7) is 0. The van der Waals surface area contributed by atoms with Crippen LogP contribution in [0.5, 0.6) is 0 Å². The molecule has 0 unspecified atom stereocenters. The van der Waals surface area contributed by atoms with Crippen LogP contribution < -0.4 is 0 Å². The van der Waals surface area contributed by atoms with Gasteiger partial charge in [0.15, 0.2) is 11.5 Å². The number of benzene rings is 2. The van der Waals surface area contributed by atoms with Crippen molar-refractivity contribution >= 4 is 32.8 Å². The highest BCUT2D eigenvalue weighted by molar-refractivity contribution is 9.10. The molecule has 0 aliphatic heterocycles. The topological polar surface area (TPSA) is 63.1 Å². The molecule has 0 atom stereocenters. The van der Waals surface area contributed by atoms with E-state index in [0.717, 1.165) is 22.7 Å². The van der Waals surface area contributed by atoms with Crippen molar-refractivity contribution in [3.05, 3.63) is 58.2 Å². The van der Waals surface area contributed by atoms with Gasteiger partial charge in [0.25, 0.3) is 0 Å². The zero-order valence-corrected chi connectivity index (χ0v) is 13.4. The Hall–Kier alpha value is -2.48. The fourth-order valence-corrected chi connectivity index (χ4v) is 2.46. The van der Waals surface area contributed by atoms with E-state index in [1.54, 1.807) is 24.3 Å². The lowest BCUT2D eigenvalue weighted by Crippen LogP contribution is -2.08. The highest BCUT2D eigenvalue weighted by atomic mass is 79.9. The van der Waals surface area contributed by atoms with Crippen LogP contribution in [0.1, 0.15) is 16.1 Å². The van der Waals surface area contributed by atoms with Crippen LogP contribution in [-0.2, 0) is 6.18 Å². The largest absolute Gasteiger partial charge is 0.476 e. The molecule has 0 fully saturated rings. The maximum Gasteiger partial charge on any atom is 0.416 e. The minimum atomic E-state index is -4.54. The van der Waals surface area contributed by atoms with Gasteiger partial charge in [-0.25, -0.2) is 14.8 Å². The number of rotatable bonds is 2. The van der Waals surface area contributed by atoms with E-state index in [-0.39, 0.29) is 22.4 Å². The molecule has 0 saturated carbocycles. The van der Waals surface area contributed by atoms with Crippen LogP contribution in [0.2, 0.25) is 0 Å². The van der Waals surface area contributed by atoms with Crippen LogP contribution in [0.25, 0.3) is 22.3 Å². The molecule has 0 bridgehead atoms. The van der Waals surface area contributed by atoms with Crippen LogP contribution in [-0.4, -0.2) is 21.0 Å². The van der Waals surface area contributed by atoms with E-state index in [1.807, 2.05) is 0 Å². The lowest BCUT2D eigenvalue weighted by molar-refractivity contribution is -0.137. The Morgan fingerprint density at radius 2 is 1.71 bits per heavy atom. The van der Waals surface area contributed by atoms with Gasteiger partial charge >= 0.3 is 12.1 Å². The van der Waals surface area contributed by atoms with E-state index >= 15 is 0 Å². The van der Waals surface area contributed by atoms with Gasteiger partial charge in [-0.2, -0.15) is 13.2 Å². The lowest BCUT2D eigenvalue weighted by atomic mass is 10.1. The van der Waals surface area contributed by atoms with Crippen LogP contribution in [0, 0.1) is 0 Å². The van der Waals surface area contributed by atoms with Gasteiger partial charge in [-0.15, -0.1) is 0 Å². The first-order chi connectivity index (χ1) is 11.3. The molecule has 122 valence electrons. The highest BCUT2D eigenvalue weighted by Gasteiger charge is 2.31. The van der Waals surface area contributed by atoms with Crippen LogP contribution in [0.4, 0.5) is 13.2 Å². The number of halogens is 4. The van der Waals surface area contributed by atoms with Crippen molar-refractivity contribution in [2.75, 3.05) is 0 Å². The molecule has 4 nitrogen and oxygen atoms in total. The summed E-state index contributed by atoms with van der Waals surface area (Å²) in [7, 11) is 0. The summed E-state index contributed by atoms with van der Waals surface area (Å²) < 4.78 is 39.4. The third-order valence-electron chi connectivity index (χ3n) is 3.33. The van der Waals surface area contributed by atoms with Gasteiger partial charge in [0, 0.05) is 15.4 Å². The molecule has 1 N–H and O–H groups in total. The number of hydrogen-bond acceptors (Lipinski definition) is 3. The first-order valence-electron chi connectivity index (χ1n) is 6.64. The summed E-state index contributed by atoms with van der Waals surface area (Å²) in [5, 5.41) is 9.36. The zero-order valence-electron chi connectivity index (χ0n) is 11.8. The number of nitrogens with zero attached hydrogens (tertiary/aromatic N) is 2. The fraction of sp³-hybridized carbons (Fsp3) is 0.0625. The maximum atomic E-state index is 12.9. The van der Waals surface area contributed by atoms with Crippen molar-refractivity contribution in [2.45, 2.75) is 6.18 Å². The molecular weight excluding hydrogens is 389 g/mol. The van der Waals surface area contributed by atoms with Crippen molar-refractivity contribution in [3.63, 3.8) is 0 Å². The molecule has 0 aliphatic carbocycles. The van der Waals surface area contributed by atoms with E-state index in [4.69, 9.17) is 0 Å². The summed E-state index contributed by atoms with van der Waals surface area (Å²) >= 11 is 3.27. The van der Waals surface area contributed by atoms with E-state index in [0.29, 0.717) is 5.56 Å². The maximum absolute atomic E-state index is 12.9. The monoisotopic (exact) mass is 396 g/mol. The van der Waals surface area contributed by atoms with Crippen molar-refractivity contribution in [1.29, 1.82) is 0 Å². The summed E-state index contributed by atoms with van der Waals surface area (Å²) in [5.41, 5.74) is -0.811. The Morgan fingerprint density at radius 3 is 2.29 bits per heavy atom. The number of alkyl halides is 3. The standard InChI is InChI=1S/C16H8BrF3N2O2/c17-10-4-1-8(2-5-10)14-21-12-7-9(16(18,19)20)3-6-11(12)13(22-14)15(23)24/h1-7H,(H,23,24). The minimum absolute atomic E-state index is 0.0479. The molecular formula is C16H8BrF3N2O2. The molecule has 0 saturated heterocycles. The Bertz CT molecular complexity index is 940. The number of carboxylic acids is 1. The quantitative estimate of drug-likeness (QED) is 0.677. The average molecular weight is 397 g/mol. The fourth-order valence-electron chi connectivity index (χ4n) is 2.20. The molecule has 1 heterocycles. The normalized spacial score (nSPS) is 11.7. The Morgan fingerprint density at radius 1 is 1.04 bits per heavy atom. The second-order valence-corrected chi connectivity index (χ2v) is 5.85. The predicted octanol–water partition coefficient (Wildman–Crippen LogP) is 4.78. The van der Waals surface area contributed by atoms with E-state index < -0.39 is 17.7 Å². The Labute approximate surface area is 142 Å². The molecule has 24 heavy (non-hydrogen) atoms. The second kappa shape index (κ2) is 5.86. The Balaban J connectivity index is 2.27. The first-order valence-corrected chi connectivity index (χ1v) is 7.43. The number of hydrogen-bond donors (Lipinski definition) is 1. The highest BCUT2D eigenvalue weighted by Crippen LogP contribution is 2.32. The third kappa shape index (κ3) is 3.09. The van der Waals surface area contributed by atoms with Crippen molar-refractivity contribution in [3.8, 4) is 11.4 Å². The van der Waals surface area contributed by atoms with E-state index in [2.05, 4.69) is 25.9 Å². The summed E-state index contributed by atoms with van der Waals surface area (Å²) in [4.78, 5) is 19.5. The Kier molecular flexibility index (Phi) is 4.00. The molecule has 0 spiro atoms. The van der Waals surface area contributed by atoms with Crippen LogP contribution in [0.3, 0.4) is 0 Å². The van der Waals surface area contributed by atoms with E-state index in [1.165, 1.54) is 0 Å². The van der Waals surface area contributed by atoms with Crippen molar-refractivity contribution in [2.24, 2.45) is 0 Å². The molecule has 3 aromatic rings. The number of carboxylic acid groups (broad SMARTS) is 1.